The summed E-state index contributed by atoms with van der Waals surface area (Å²) in [5.74, 6) is 0. The minimum absolute atomic E-state index is 0.0249. The number of hydrogen-bond donors (Lipinski definition) is 1. The van der Waals surface area contributed by atoms with Gasteiger partial charge in [0.25, 0.3) is 0 Å². The Bertz CT molecular complexity index is 448. The smallest absolute Gasteiger partial charge is 0.0702 e. The molecule has 0 bridgehead atoms. The number of aromatic nitrogens is 1. The Balaban J connectivity index is 2.49. The third kappa shape index (κ3) is 2.05. The van der Waals surface area contributed by atoms with E-state index in [1.165, 1.54) is 5.56 Å². The topological polar surface area (TPSA) is 33.1 Å². The van der Waals surface area contributed by atoms with Crippen LogP contribution in [0.1, 0.15) is 11.1 Å². The van der Waals surface area contributed by atoms with Crippen LogP contribution < -0.4 is 0 Å². The zero-order valence-electron chi connectivity index (χ0n) is 8.64. The summed E-state index contributed by atoms with van der Waals surface area (Å²) >= 11 is 0. The zero-order valence-corrected chi connectivity index (χ0v) is 8.64. The van der Waals surface area contributed by atoms with Gasteiger partial charge in [-0.25, -0.2) is 0 Å². The van der Waals surface area contributed by atoms with Crippen LogP contribution in [0.4, 0.5) is 0 Å². The Morgan fingerprint density at radius 2 is 1.87 bits per heavy atom. The minimum atomic E-state index is 0.0249. The SMILES string of the molecule is Cc1ccc(-c2ccncc2CO)cc1. The van der Waals surface area contributed by atoms with Crippen molar-refractivity contribution in [1.82, 2.24) is 4.98 Å². The van der Waals surface area contributed by atoms with Crippen LogP contribution in [0.3, 0.4) is 0 Å². The van der Waals surface area contributed by atoms with Crippen molar-refractivity contribution in [3.8, 4) is 11.1 Å². The predicted molar refractivity (Wildman–Crippen MR) is 60.3 cm³/mol. The number of aliphatic hydroxyl groups excluding tert-OH is 1. The quantitative estimate of drug-likeness (QED) is 0.806. The molecule has 0 amide bonds. The van der Waals surface area contributed by atoms with E-state index < -0.39 is 0 Å². The van der Waals surface area contributed by atoms with E-state index in [1.807, 2.05) is 6.07 Å². The molecule has 0 aliphatic carbocycles. The number of hydrogen-bond acceptors (Lipinski definition) is 2. The molecule has 0 unspecified atom stereocenters. The molecule has 0 spiro atoms. The first-order chi connectivity index (χ1) is 7.31. The lowest BCUT2D eigenvalue weighted by molar-refractivity contribution is 0.282. The Morgan fingerprint density at radius 1 is 1.13 bits per heavy atom. The van der Waals surface area contributed by atoms with Gasteiger partial charge in [-0.15, -0.1) is 0 Å². The standard InChI is InChI=1S/C13H13NO/c1-10-2-4-11(5-3-10)13-6-7-14-8-12(13)9-15/h2-8,15H,9H2,1H3. The molecular formula is C13H13NO. The van der Waals surface area contributed by atoms with Gasteiger partial charge in [-0.2, -0.15) is 0 Å². The molecule has 2 rings (SSSR count). The zero-order chi connectivity index (χ0) is 10.7. The van der Waals surface area contributed by atoms with Crippen molar-refractivity contribution in [2.75, 3.05) is 0 Å². The number of rotatable bonds is 2. The third-order valence-electron chi connectivity index (χ3n) is 2.44. The highest BCUT2D eigenvalue weighted by Gasteiger charge is 2.03. The summed E-state index contributed by atoms with van der Waals surface area (Å²) < 4.78 is 0. The normalized spacial score (nSPS) is 10.3. The van der Waals surface area contributed by atoms with Gasteiger partial charge in [-0.05, 0) is 24.1 Å². The summed E-state index contributed by atoms with van der Waals surface area (Å²) in [5.41, 5.74) is 4.26. The molecule has 2 nitrogen and oxygen atoms in total. The summed E-state index contributed by atoms with van der Waals surface area (Å²) in [7, 11) is 0. The Hall–Kier alpha value is -1.67. The van der Waals surface area contributed by atoms with E-state index in [-0.39, 0.29) is 6.61 Å². The van der Waals surface area contributed by atoms with Crippen LogP contribution in [0.5, 0.6) is 0 Å². The molecule has 1 aromatic carbocycles. The third-order valence-corrected chi connectivity index (χ3v) is 2.44. The van der Waals surface area contributed by atoms with E-state index in [2.05, 4.69) is 36.2 Å². The van der Waals surface area contributed by atoms with Crippen LogP contribution in [0.15, 0.2) is 42.7 Å². The number of pyridine rings is 1. The summed E-state index contributed by atoms with van der Waals surface area (Å²) in [6.07, 6.45) is 3.45. The van der Waals surface area contributed by atoms with Crippen LogP contribution in [0.2, 0.25) is 0 Å². The number of benzene rings is 1. The second-order valence-corrected chi connectivity index (χ2v) is 3.56. The second-order valence-electron chi connectivity index (χ2n) is 3.56. The minimum Gasteiger partial charge on any atom is -0.392 e. The van der Waals surface area contributed by atoms with Gasteiger partial charge in [0.1, 0.15) is 0 Å². The molecule has 2 heteroatoms. The molecule has 15 heavy (non-hydrogen) atoms. The van der Waals surface area contributed by atoms with E-state index in [0.717, 1.165) is 16.7 Å². The van der Waals surface area contributed by atoms with Crippen LogP contribution in [0.25, 0.3) is 11.1 Å². The van der Waals surface area contributed by atoms with Gasteiger partial charge in [0, 0.05) is 18.0 Å². The first-order valence-electron chi connectivity index (χ1n) is 4.92. The van der Waals surface area contributed by atoms with Gasteiger partial charge in [-0.1, -0.05) is 29.8 Å². The van der Waals surface area contributed by atoms with Crippen LogP contribution in [0, 0.1) is 6.92 Å². The lowest BCUT2D eigenvalue weighted by Gasteiger charge is -2.06. The van der Waals surface area contributed by atoms with E-state index >= 15 is 0 Å². The summed E-state index contributed by atoms with van der Waals surface area (Å²) in [4.78, 5) is 4.00. The monoisotopic (exact) mass is 199 g/mol. The molecule has 1 N–H and O–H groups in total. The maximum Gasteiger partial charge on any atom is 0.0702 e. The highest BCUT2D eigenvalue weighted by atomic mass is 16.3. The van der Waals surface area contributed by atoms with Crippen LogP contribution in [-0.2, 0) is 6.61 Å². The van der Waals surface area contributed by atoms with Crippen LogP contribution in [-0.4, -0.2) is 10.1 Å². The number of nitrogens with zero attached hydrogens (tertiary/aromatic N) is 1. The van der Waals surface area contributed by atoms with E-state index in [9.17, 15) is 5.11 Å². The van der Waals surface area contributed by atoms with Crippen molar-refractivity contribution < 1.29 is 5.11 Å². The van der Waals surface area contributed by atoms with Gasteiger partial charge in [0.05, 0.1) is 6.61 Å². The molecule has 0 saturated heterocycles. The fourth-order valence-corrected chi connectivity index (χ4v) is 1.57. The molecule has 0 radical (unpaired) electrons. The molecule has 0 saturated carbocycles. The van der Waals surface area contributed by atoms with Gasteiger partial charge in [0.2, 0.25) is 0 Å². The summed E-state index contributed by atoms with van der Waals surface area (Å²) in [5, 5.41) is 9.19. The average Bonchev–Trinajstić information content (AvgIpc) is 2.30. The highest BCUT2D eigenvalue weighted by molar-refractivity contribution is 5.66. The van der Waals surface area contributed by atoms with E-state index in [1.54, 1.807) is 12.4 Å². The van der Waals surface area contributed by atoms with Gasteiger partial charge in [-0.3, -0.25) is 4.98 Å². The fraction of sp³-hybridized carbons (Fsp3) is 0.154. The Kier molecular flexibility index (Phi) is 2.79. The first-order valence-corrected chi connectivity index (χ1v) is 4.92. The molecule has 1 aromatic heterocycles. The summed E-state index contributed by atoms with van der Waals surface area (Å²) in [6.45, 7) is 2.08. The average molecular weight is 199 g/mol. The van der Waals surface area contributed by atoms with E-state index in [0.29, 0.717) is 0 Å². The van der Waals surface area contributed by atoms with Crippen molar-refractivity contribution in [2.45, 2.75) is 13.5 Å². The molecule has 0 aliphatic rings. The van der Waals surface area contributed by atoms with Crippen molar-refractivity contribution in [2.24, 2.45) is 0 Å². The van der Waals surface area contributed by atoms with Crippen molar-refractivity contribution in [3.63, 3.8) is 0 Å². The molecule has 76 valence electrons. The van der Waals surface area contributed by atoms with Gasteiger partial charge in [0.15, 0.2) is 0 Å². The highest BCUT2D eigenvalue weighted by Crippen LogP contribution is 2.22. The predicted octanol–water partition coefficient (Wildman–Crippen LogP) is 2.55. The molecular weight excluding hydrogens is 186 g/mol. The van der Waals surface area contributed by atoms with Gasteiger partial charge < -0.3 is 5.11 Å². The van der Waals surface area contributed by atoms with E-state index in [4.69, 9.17) is 0 Å². The first kappa shape index (κ1) is 9.87. The van der Waals surface area contributed by atoms with Crippen molar-refractivity contribution in [3.05, 3.63) is 53.9 Å². The summed E-state index contributed by atoms with van der Waals surface area (Å²) in [6, 6.07) is 10.2. The van der Waals surface area contributed by atoms with Gasteiger partial charge >= 0.3 is 0 Å². The molecule has 0 fully saturated rings. The van der Waals surface area contributed by atoms with Crippen LogP contribution >= 0.6 is 0 Å². The van der Waals surface area contributed by atoms with Crippen molar-refractivity contribution in [1.29, 1.82) is 0 Å². The van der Waals surface area contributed by atoms with Crippen molar-refractivity contribution >= 4 is 0 Å². The Labute approximate surface area is 89.2 Å². The lowest BCUT2D eigenvalue weighted by atomic mass is 10.0. The molecule has 2 aromatic rings. The molecule has 0 atom stereocenters. The molecule has 0 aliphatic heterocycles. The largest absolute Gasteiger partial charge is 0.392 e. The fourth-order valence-electron chi connectivity index (χ4n) is 1.57. The number of aliphatic hydroxyl groups is 1. The maximum atomic E-state index is 9.19. The lowest BCUT2D eigenvalue weighted by Crippen LogP contribution is -1.90. The maximum absolute atomic E-state index is 9.19. The Morgan fingerprint density at radius 3 is 2.53 bits per heavy atom. The molecule has 1 heterocycles. The second kappa shape index (κ2) is 4.24. The number of aryl methyl sites for hydroxylation is 1.